The average Bonchev–Trinajstić information content (AvgIpc) is 2.61. The van der Waals surface area contributed by atoms with E-state index >= 15 is 0 Å². The van der Waals surface area contributed by atoms with Crippen LogP contribution in [0, 0.1) is 0 Å². The first-order chi connectivity index (χ1) is 13.2. The minimum absolute atomic E-state index is 0.0713. The molecular weight excluding hydrogens is 400 g/mol. The molecule has 28 heavy (non-hydrogen) atoms. The molecule has 0 saturated heterocycles. The van der Waals surface area contributed by atoms with E-state index in [1.54, 1.807) is 24.3 Å². The monoisotopic (exact) mass is 418 g/mol. The van der Waals surface area contributed by atoms with Gasteiger partial charge in [-0.15, -0.1) is 0 Å². The summed E-state index contributed by atoms with van der Waals surface area (Å²) in [7, 11) is -7.87. The molecule has 0 atom stereocenters. The lowest BCUT2D eigenvalue weighted by Crippen LogP contribution is -2.16. The van der Waals surface area contributed by atoms with Crippen LogP contribution < -0.4 is 20.9 Å². The minimum Gasteiger partial charge on any atom is -0.398 e. The maximum absolute atomic E-state index is 12.5. The van der Waals surface area contributed by atoms with Crippen LogP contribution in [-0.4, -0.2) is 16.8 Å². The zero-order valence-corrected chi connectivity index (χ0v) is 16.2. The molecule has 0 aliphatic carbocycles. The number of nitrogen functional groups attached to an aromatic ring is 2. The quantitative estimate of drug-likeness (QED) is 0.453. The molecular formula is C18H18N4O4S2. The van der Waals surface area contributed by atoms with Crippen LogP contribution in [0.3, 0.4) is 0 Å². The van der Waals surface area contributed by atoms with E-state index in [0.717, 1.165) is 0 Å². The zero-order valence-electron chi connectivity index (χ0n) is 14.5. The van der Waals surface area contributed by atoms with Crippen LogP contribution in [0.4, 0.5) is 22.7 Å². The van der Waals surface area contributed by atoms with E-state index in [2.05, 4.69) is 9.44 Å². The van der Waals surface area contributed by atoms with Crippen molar-refractivity contribution < 1.29 is 16.8 Å². The first-order valence-corrected chi connectivity index (χ1v) is 11.0. The summed E-state index contributed by atoms with van der Waals surface area (Å²) < 4.78 is 54.9. The van der Waals surface area contributed by atoms with Crippen LogP contribution >= 0.6 is 0 Å². The Morgan fingerprint density at radius 2 is 0.964 bits per heavy atom. The Balaban J connectivity index is 1.87. The molecule has 8 nitrogen and oxygen atoms in total. The van der Waals surface area contributed by atoms with Crippen molar-refractivity contribution in [3.05, 3.63) is 72.8 Å². The fraction of sp³-hybridized carbons (Fsp3) is 0. The van der Waals surface area contributed by atoms with E-state index < -0.39 is 20.0 Å². The van der Waals surface area contributed by atoms with Gasteiger partial charge in [-0.2, -0.15) is 0 Å². The second kappa shape index (κ2) is 7.41. The highest BCUT2D eigenvalue weighted by Gasteiger charge is 2.19. The van der Waals surface area contributed by atoms with Gasteiger partial charge in [0, 0.05) is 0 Å². The maximum Gasteiger partial charge on any atom is 0.263 e. The van der Waals surface area contributed by atoms with Gasteiger partial charge < -0.3 is 11.5 Å². The van der Waals surface area contributed by atoms with Crippen LogP contribution in [0.2, 0.25) is 0 Å². The molecule has 3 aromatic rings. The second-order valence-electron chi connectivity index (χ2n) is 5.87. The van der Waals surface area contributed by atoms with Crippen molar-refractivity contribution in [1.82, 2.24) is 0 Å². The van der Waals surface area contributed by atoms with Crippen LogP contribution in [0.1, 0.15) is 0 Å². The Kier molecular flexibility index (Phi) is 5.16. The van der Waals surface area contributed by atoms with Gasteiger partial charge in [0.1, 0.15) is 9.79 Å². The lowest BCUT2D eigenvalue weighted by molar-refractivity contribution is 0.600. The van der Waals surface area contributed by atoms with Crippen LogP contribution in [0.5, 0.6) is 0 Å². The van der Waals surface area contributed by atoms with Crippen molar-refractivity contribution in [3.63, 3.8) is 0 Å². The Morgan fingerprint density at radius 3 is 1.36 bits per heavy atom. The van der Waals surface area contributed by atoms with Gasteiger partial charge in [-0.3, -0.25) is 9.44 Å². The van der Waals surface area contributed by atoms with Crippen molar-refractivity contribution in [2.75, 3.05) is 20.9 Å². The molecule has 0 aromatic heterocycles. The van der Waals surface area contributed by atoms with Crippen molar-refractivity contribution in [2.24, 2.45) is 0 Å². The topological polar surface area (TPSA) is 144 Å². The third kappa shape index (κ3) is 4.18. The Labute approximate surface area is 163 Å². The third-order valence-corrected chi connectivity index (χ3v) is 6.69. The number of sulfonamides is 2. The molecule has 0 amide bonds. The molecule has 3 aromatic carbocycles. The summed E-state index contributed by atoms with van der Waals surface area (Å²) in [6.07, 6.45) is 0. The van der Waals surface area contributed by atoms with Crippen molar-refractivity contribution in [1.29, 1.82) is 0 Å². The maximum atomic E-state index is 12.5. The fourth-order valence-corrected chi connectivity index (χ4v) is 4.88. The Hall–Kier alpha value is -3.24. The van der Waals surface area contributed by atoms with Gasteiger partial charge in [0.25, 0.3) is 20.0 Å². The molecule has 10 heteroatoms. The summed E-state index contributed by atoms with van der Waals surface area (Å²) in [5.74, 6) is 0. The average molecular weight is 419 g/mol. The molecule has 0 saturated carbocycles. The standard InChI is InChI=1S/C18H18N4O4S2/c19-15-8-1-3-10-17(15)27(23,24)21-13-6-5-7-14(12-13)22-28(25,26)18-11-4-2-9-16(18)20/h1-12,21-22H,19-20H2. The molecule has 3 rings (SSSR count). The number of nitrogens with two attached hydrogens (primary N) is 2. The molecule has 6 N–H and O–H groups in total. The van der Waals surface area contributed by atoms with E-state index in [1.165, 1.54) is 48.5 Å². The van der Waals surface area contributed by atoms with Gasteiger partial charge in [-0.25, -0.2) is 16.8 Å². The highest BCUT2D eigenvalue weighted by molar-refractivity contribution is 7.93. The first kappa shape index (κ1) is 19.5. The molecule has 0 fully saturated rings. The van der Waals surface area contributed by atoms with Crippen molar-refractivity contribution in [2.45, 2.75) is 9.79 Å². The molecule has 146 valence electrons. The van der Waals surface area contributed by atoms with Gasteiger partial charge in [-0.05, 0) is 42.5 Å². The molecule has 0 aliphatic heterocycles. The second-order valence-corrected chi connectivity index (χ2v) is 9.17. The summed E-state index contributed by atoms with van der Waals surface area (Å²) in [5, 5.41) is 0. The van der Waals surface area contributed by atoms with E-state index in [9.17, 15) is 16.8 Å². The van der Waals surface area contributed by atoms with E-state index in [4.69, 9.17) is 11.5 Å². The van der Waals surface area contributed by atoms with E-state index in [-0.39, 0.29) is 32.5 Å². The molecule has 0 spiro atoms. The number of benzene rings is 3. The van der Waals surface area contributed by atoms with Gasteiger partial charge >= 0.3 is 0 Å². The summed E-state index contributed by atoms with van der Waals surface area (Å²) in [5.41, 5.74) is 12.0. The molecule has 0 radical (unpaired) electrons. The summed E-state index contributed by atoms with van der Waals surface area (Å²) >= 11 is 0. The van der Waals surface area contributed by atoms with Crippen LogP contribution in [0.15, 0.2) is 82.6 Å². The van der Waals surface area contributed by atoms with Crippen LogP contribution in [-0.2, 0) is 20.0 Å². The van der Waals surface area contributed by atoms with E-state index in [0.29, 0.717) is 0 Å². The number of hydrogen-bond donors (Lipinski definition) is 4. The predicted octanol–water partition coefficient (Wildman–Crippen LogP) is 2.45. The smallest absolute Gasteiger partial charge is 0.263 e. The number of anilines is 4. The zero-order chi connectivity index (χ0) is 20.4. The number of hydrogen-bond acceptors (Lipinski definition) is 6. The van der Waals surface area contributed by atoms with Gasteiger partial charge in [0.15, 0.2) is 0 Å². The lowest BCUT2D eigenvalue weighted by Gasteiger charge is -2.13. The molecule has 0 aliphatic rings. The number of nitrogens with one attached hydrogen (secondary N) is 2. The van der Waals surface area contributed by atoms with Gasteiger partial charge in [0.05, 0.1) is 22.7 Å². The van der Waals surface area contributed by atoms with Crippen molar-refractivity contribution in [3.8, 4) is 0 Å². The summed E-state index contributed by atoms with van der Waals surface area (Å²) in [4.78, 5) is -0.143. The van der Waals surface area contributed by atoms with E-state index in [1.807, 2.05) is 0 Å². The number of rotatable bonds is 6. The SMILES string of the molecule is Nc1ccccc1S(=O)(=O)Nc1cccc(NS(=O)(=O)c2ccccc2N)c1. The van der Waals surface area contributed by atoms with Gasteiger partial charge in [-0.1, -0.05) is 30.3 Å². The van der Waals surface area contributed by atoms with Crippen molar-refractivity contribution >= 4 is 42.8 Å². The molecule has 0 heterocycles. The third-order valence-electron chi connectivity index (χ3n) is 3.78. The molecule has 0 bridgehead atoms. The summed E-state index contributed by atoms with van der Waals surface area (Å²) in [6.45, 7) is 0. The highest BCUT2D eigenvalue weighted by Crippen LogP contribution is 2.25. The largest absolute Gasteiger partial charge is 0.398 e. The Bertz CT molecular complexity index is 1130. The van der Waals surface area contributed by atoms with Crippen LogP contribution in [0.25, 0.3) is 0 Å². The Morgan fingerprint density at radius 1 is 0.571 bits per heavy atom. The normalized spacial score (nSPS) is 11.7. The van der Waals surface area contributed by atoms with Gasteiger partial charge in [0.2, 0.25) is 0 Å². The first-order valence-electron chi connectivity index (χ1n) is 8.04. The minimum atomic E-state index is -3.94. The summed E-state index contributed by atoms with van der Waals surface area (Å²) in [6, 6.07) is 17.9. The molecule has 0 unspecified atom stereocenters. The lowest BCUT2D eigenvalue weighted by atomic mass is 10.3. The fourth-order valence-electron chi connectivity index (χ4n) is 2.52. The predicted molar refractivity (Wildman–Crippen MR) is 110 cm³/mol. The highest BCUT2D eigenvalue weighted by atomic mass is 32.2. The number of para-hydroxylation sites is 2.